The first-order valence-corrected chi connectivity index (χ1v) is 9.52. The summed E-state index contributed by atoms with van der Waals surface area (Å²) < 4.78 is 16.2. The summed E-state index contributed by atoms with van der Waals surface area (Å²) in [6, 6.07) is 11.4. The maximum atomic E-state index is 13.4. The zero-order valence-corrected chi connectivity index (χ0v) is 16.6. The minimum atomic E-state index is -0.149. The Kier molecular flexibility index (Phi) is 6.76. The lowest BCUT2D eigenvalue weighted by Gasteiger charge is -2.37. The van der Waals surface area contributed by atoms with Gasteiger partial charge < -0.3 is 23.7 Å². The van der Waals surface area contributed by atoms with Crippen molar-refractivity contribution in [2.45, 2.75) is 25.9 Å². The number of furan rings is 1. The van der Waals surface area contributed by atoms with Crippen LogP contribution in [0.4, 0.5) is 4.79 Å². The Morgan fingerprint density at radius 3 is 2.54 bits per heavy atom. The van der Waals surface area contributed by atoms with Crippen molar-refractivity contribution < 1.29 is 18.7 Å². The highest BCUT2D eigenvalue weighted by Crippen LogP contribution is 2.31. The van der Waals surface area contributed by atoms with Crippen LogP contribution in [0.1, 0.15) is 30.7 Å². The number of carbonyl (C=O) groups is 1. The Bertz CT molecular complexity index is 764. The van der Waals surface area contributed by atoms with E-state index in [1.54, 1.807) is 13.4 Å². The molecule has 3 rings (SSSR count). The number of rotatable bonds is 7. The normalized spacial score (nSPS) is 15.1. The Labute approximate surface area is 166 Å². The number of amides is 2. The molecule has 1 aromatic carbocycles. The molecule has 150 valence electrons. The van der Waals surface area contributed by atoms with Gasteiger partial charge in [0, 0.05) is 13.1 Å². The van der Waals surface area contributed by atoms with Gasteiger partial charge >= 0.3 is 6.03 Å². The maximum Gasteiger partial charge on any atom is 0.321 e. The molecule has 2 aromatic rings. The van der Waals surface area contributed by atoms with Crippen LogP contribution in [-0.4, -0.2) is 49.2 Å². The first kappa shape index (κ1) is 20.0. The zero-order chi connectivity index (χ0) is 19.9. The molecule has 1 aliphatic rings. The summed E-state index contributed by atoms with van der Waals surface area (Å²) >= 11 is 0. The van der Waals surface area contributed by atoms with E-state index in [2.05, 4.69) is 6.58 Å². The van der Waals surface area contributed by atoms with E-state index in [4.69, 9.17) is 13.9 Å². The lowest BCUT2D eigenvalue weighted by Crippen LogP contribution is -2.49. The SMILES string of the molecule is C=C(C)CC(c1ccc(OC)cc1)N(Cc1ccco1)C(=O)N1CCOCC1. The van der Waals surface area contributed by atoms with E-state index >= 15 is 0 Å². The lowest BCUT2D eigenvalue weighted by molar-refractivity contribution is 0.0370. The molecular weight excluding hydrogens is 356 g/mol. The number of ether oxygens (including phenoxy) is 2. The zero-order valence-electron chi connectivity index (χ0n) is 16.6. The minimum Gasteiger partial charge on any atom is -0.497 e. The number of methoxy groups -OCH3 is 1. The van der Waals surface area contributed by atoms with Crippen molar-refractivity contribution in [1.82, 2.24) is 9.80 Å². The van der Waals surface area contributed by atoms with E-state index in [9.17, 15) is 4.79 Å². The molecule has 1 fully saturated rings. The second kappa shape index (κ2) is 9.46. The van der Waals surface area contributed by atoms with Gasteiger partial charge in [0.15, 0.2) is 0 Å². The number of benzene rings is 1. The highest BCUT2D eigenvalue weighted by Gasteiger charge is 2.30. The van der Waals surface area contributed by atoms with Crippen LogP contribution in [0.15, 0.2) is 59.2 Å². The number of nitrogens with zero attached hydrogens (tertiary/aromatic N) is 2. The summed E-state index contributed by atoms with van der Waals surface area (Å²) in [7, 11) is 1.64. The summed E-state index contributed by atoms with van der Waals surface area (Å²) in [5, 5.41) is 0. The molecule has 28 heavy (non-hydrogen) atoms. The van der Waals surface area contributed by atoms with E-state index in [0.717, 1.165) is 22.6 Å². The highest BCUT2D eigenvalue weighted by molar-refractivity contribution is 5.75. The molecule has 0 bridgehead atoms. The molecule has 2 heterocycles. The smallest absolute Gasteiger partial charge is 0.321 e. The van der Waals surface area contributed by atoms with Gasteiger partial charge in [-0.2, -0.15) is 0 Å². The fourth-order valence-corrected chi connectivity index (χ4v) is 3.38. The van der Waals surface area contributed by atoms with Gasteiger partial charge in [0.1, 0.15) is 11.5 Å². The van der Waals surface area contributed by atoms with Crippen molar-refractivity contribution in [3.05, 3.63) is 66.1 Å². The molecule has 1 aliphatic heterocycles. The maximum absolute atomic E-state index is 13.4. The van der Waals surface area contributed by atoms with Crippen molar-refractivity contribution in [3.8, 4) is 5.75 Å². The molecule has 0 radical (unpaired) electrons. The van der Waals surface area contributed by atoms with Gasteiger partial charge in [-0.3, -0.25) is 0 Å². The van der Waals surface area contributed by atoms with Crippen LogP contribution >= 0.6 is 0 Å². The summed E-state index contributed by atoms with van der Waals surface area (Å²) in [4.78, 5) is 17.2. The molecule has 0 aliphatic carbocycles. The fourth-order valence-electron chi connectivity index (χ4n) is 3.38. The van der Waals surface area contributed by atoms with E-state index in [1.165, 1.54) is 0 Å². The Balaban J connectivity index is 1.93. The predicted octanol–water partition coefficient (Wildman–Crippen LogP) is 4.25. The van der Waals surface area contributed by atoms with Gasteiger partial charge in [-0.25, -0.2) is 4.79 Å². The molecule has 0 N–H and O–H groups in total. The van der Waals surface area contributed by atoms with Gasteiger partial charge in [-0.15, -0.1) is 6.58 Å². The molecule has 1 aromatic heterocycles. The van der Waals surface area contributed by atoms with Gasteiger partial charge in [0.25, 0.3) is 0 Å². The quantitative estimate of drug-likeness (QED) is 0.670. The van der Waals surface area contributed by atoms with Crippen LogP contribution in [0, 0.1) is 0 Å². The van der Waals surface area contributed by atoms with Crippen LogP contribution in [-0.2, 0) is 11.3 Å². The highest BCUT2D eigenvalue weighted by atomic mass is 16.5. The molecule has 6 nitrogen and oxygen atoms in total. The number of morpholine rings is 1. The van der Waals surface area contributed by atoms with E-state index < -0.39 is 0 Å². The van der Waals surface area contributed by atoms with E-state index in [-0.39, 0.29) is 12.1 Å². The number of urea groups is 1. The van der Waals surface area contributed by atoms with E-state index in [1.807, 2.05) is 53.1 Å². The average molecular weight is 384 g/mol. The van der Waals surface area contributed by atoms with Gasteiger partial charge in [0.2, 0.25) is 0 Å². The third-order valence-corrected chi connectivity index (χ3v) is 4.85. The second-order valence-corrected chi connectivity index (χ2v) is 7.04. The summed E-state index contributed by atoms with van der Waals surface area (Å²) in [6.07, 6.45) is 2.30. The largest absolute Gasteiger partial charge is 0.497 e. The molecule has 6 heteroatoms. The average Bonchev–Trinajstić information content (AvgIpc) is 3.24. The van der Waals surface area contributed by atoms with Crippen molar-refractivity contribution >= 4 is 6.03 Å². The number of hydrogen-bond acceptors (Lipinski definition) is 4. The Morgan fingerprint density at radius 2 is 1.96 bits per heavy atom. The predicted molar refractivity (Wildman–Crippen MR) is 107 cm³/mol. The van der Waals surface area contributed by atoms with Gasteiger partial charge in [0.05, 0.1) is 39.2 Å². The first-order chi connectivity index (χ1) is 13.6. The molecular formula is C22H28N2O4. The molecule has 1 saturated heterocycles. The minimum absolute atomic E-state index is 0.0123. The molecule has 1 atom stereocenters. The molecule has 2 amide bonds. The van der Waals surface area contributed by atoms with Crippen molar-refractivity contribution in [2.24, 2.45) is 0 Å². The third kappa shape index (κ3) is 4.95. The topological polar surface area (TPSA) is 55.2 Å². The van der Waals surface area contributed by atoms with Crippen LogP contribution in [0.5, 0.6) is 5.75 Å². The Morgan fingerprint density at radius 1 is 1.25 bits per heavy atom. The monoisotopic (exact) mass is 384 g/mol. The summed E-state index contributed by atoms with van der Waals surface area (Å²) in [6.45, 7) is 8.78. The van der Waals surface area contributed by atoms with Crippen LogP contribution in [0.25, 0.3) is 0 Å². The molecule has 0 saturated carbocycles. The van der Waals surface area contributed by atoms with Crippen LogP contribution < -0.4 is 4.74 Å². The lowest BCUT2D eigenvalue weighted by atomic mass is 9.98. The van der Waals surface area contributed by atoms with E-state index in [0.29, 0.717) is 39.3 Å². The van der Waals surface area contributed by atoms with Gasteiger partial charge in [-0.05, 0) is 43.2 Å². The third-order valence-electron chi connectivity index (χ3n) is 4.85. The van der Waals surface area contributed by atoms with Crippen molar-refractivity contribution in [3.63, 3.8) is 0 Å². The van der Waals surface area contributed by atoms with Crippen molar-refractivity contribution in [2.75, 3.05) is 33.4 Å². The van der Waals surface area contributed by atoms with Crippen molar-refractivity contribution in [1.29, 1.82) is 0 Å². The Hall–Kier alpha value is -2.73. The molecule has 0 spiro atoms. The standard InChI is InChI=1S/C22H28N2O4/c1-17(2)15-21(18-6-8-19(26-3)9-7-18)24(16-20-5-4-12-28-20)22(25)23-10-13-27-14-11-23/h4-9,12,21H,1,10-11,13-16H2,2-3H3. The fraction of sp³-hybridized carbons (Fsp3) is 0.409. The first-order valence-electron chi connectivity index (χ1n) is 9.52. The second-order valence-electron chi connectivity index (χ2n) is 7.04. The summed E-state index contributed by atoms with van der Waals surface area (Å²) in [5.41, 5.74) is 2.05. The summed E-state index contributed by atoms with van der Waals surface area (Å²) in [5.74, 6) is 1.54. The molecule has 1 unspecified atom stereocenters. The number of carbonyl (C=O) groups excluding carboxylic acids is 1. The van der Waals surface area contributed by atoms with Gasteiger partial charge in [-0.1, -0.05) is 17.7 Å². The van der Waals surface area contributed by atoms with Crippen LogP contribution in [0.3, 0.4) is 0 Å². The number of hydrogen-bond donors (Lipinski definition) is 0. The van der Waals surface area contributed by atoms with Crippen LogP contribution in [0.2, 0.25) is 0 Å².